The smallest absolute Gasteiger partial charge is 0.331 e. The number of rotatable bonds is 6. The number of benzene rings is 2. The molecule has 0 radical (unpaired) electrons. The monoisotopic (exact) mass is 296 g/mol. The molecule has 2 aromatic rings. The van der Waals surface area contributed by atoms with Crippen molar-refractivity contribution in [3.8, 4) is 0 Å². The summed E-state index contributed by atoms with van der Waals surface area (Å²) in [7, 11) is 0. The fraction of sp³-hybridized carbons (Fsp3) is 0.111. The van der Waals surface area contributed by atoms with E-state index in [0.717, 1.165) is 21.9 Å². The van der Waals surface area contributed by atoms with E-state index in [4.69, 9.17) is 10.2 Å². The molecule has 0 spiro atoms. The van der Waals surface area contributed by atoms with E-state index < -0.39 is 11.9 Å². The van der Waals surface area contributed by atoms with Gasteiger partial charge in [-0.25, -0.2) is 9.59 Å². The van der Waals surface area contributed by atoms with Crippen LogP contribution in [0.5, 0.6) is 0 Å². The highest BCUT2D eigenvalue weighted by molar-refractivity contribution is 5.93. The molecule has 0 saturated heterocycles. The molecule has 2 aromatic carbocycles. The average Bonchev–Trinajstić information content (AvgIpc) is 2.47. The second kappa shape index (κ2) is 6.26. The van der Waals surface area contributed by atoms with E-state index in [1.165, 1.54) is 0 Å². The number of carboxylic acid groups (broad SMARTS) is 2. The number of fused-ring (bicyclic) bond motifs is 1. The summed E-state index contributed by atoms with van der Waals surface area (Å²) in [6.45, 7) is 7.12. The van der Waals surface area contributed by atoms with Crippen molar-refractivity contribution >= 4 is 22.7 Å². The minimum atomic E-state index is -1.02. The molecule has 0 aliphatic rings. The highest BCUT2D eigenvalue weighted by Gasteiger charge is 2.11. The molecule has 0 amide bonds. The molecule has 0 saturated carbocycles. The van der Waals surface area contributed by atoms with Gasteiger partial charge in [-0.15, -0.1) is 0 Å². The minimum absolute atomic E-state index is 0.118. The lowest BCUT2D eigenvalue weighted by Crippen LogP contribution is -2.04. The predicted molar refractivity (Wildman–Crippen MR) is 84.9 cm³/mol. The lowest BCUT2D eigenvalue weighted by atomic mass is 9.94. The van der Waals surface area contributed by atoms with Gasteiger partial charge in [-0.3, -0.25) is 0 Å². The zero-order valence-corrected chi connectivity index (χ0v) is 12.0. The van der Waals surface area contributed by atoms with Gasteiger partial charge in [0.05, 0.1) is 0 Å². The molecule has 0 fully saturated rings. The Morgan fingerprint density at radius 1 is 0.773 bits per heavy atom. The fourth-order valence-corrected chi connectivity index (χ4v) is 2.36. The molecule has 0 heterocycles. The number of carboxylic acids is 2. The Hall–Kier alpha value is -2.88. The Morgan fingerprint density at radius 2 is 1.14 bits per heavy atom. The Kier molecular flexibility index (Phi) is 4.41. The SMILES string of the molecule is C=C(Cc1cccc2c(CC(=C)C(=O)O)cccc12)C(=O)O. The first kappa shape index (κ1) is 15.5. The van der Waals surface area contributed by atoms with Crippen LogP contribution < -0.4 is 0 Å². The van der Waals surface area contributed by atoms with Crippen molar-refractivity contribution in [2.24, 2.45) is 0 Å². The van der Waals surface area contributed by atoms with Crippen molar-refractivity contribution in [2.75, 3.05) is 0 Å². The maximum Gasteiger partial charge on any atom is 0.331 e. The Morgan fingerprint density at radius 3 is 1.45 bits per heavy atom. The Labute approximate surface area is 128 Å². The van der Waals surface area contributed by atoms with E-state index in [-0.39, 0.29) is 24.0 Å². The summed E-state index contributed by atoms with van der Waals surface area (Å²) >= 11 is 0. The summed E-state index contributed by atoms with van der Waals surface area (Å²) in [5.74, 6) is -2.04. The zero-order chi connectivity index (χ0) is 16.3. The lowest BCUT2D eigenvalue weighted by molar-refractivity contribution is -0.133. The first-order chi connectivity index (χ1) is 10.4. The number of carbonyl (C=O) groups is 2. The maximum absolute atomic E-state index is 11.0. The first-order valence-corrected chi connectivity index (χ1v) is 6.71. The highest BCUT2D eigenvalue weighted by atomic mass is 16.4. The van der Waals surface area contributed by atoms with E-state index in [9.17, 15) is 9.59 Å². The molecule has 4 heteroatoms. The van der Waals surface area contributed by atoms with E-state index in [1.54, 1.807) is 0 Å². The molecule has 0 atom stereocenters. The van der Waals surface area contributed by atoms with E-state index in [0.29, 0.717) is 0 Å². The lowest BCUT2D eigenvalue weighted by Gasteiger charge is -2.11. The van der Waals surface area contributed by atoms with Gasteiger partial charge in [0, 0.05) is 24.0 Å². The quantitative estimate of drug-likeness (QED) is 0.803. The third kappa shape index (κ3) is 3.23. The molecule has 0 aliphatic heterocycles. The molecule has 4 nitrogen and oxygen atoms in total. The topological polar surface area (TPSA) is 74.6 Å². The summed E-state index contributed by atoms with van der Waals surface area (Å²) in [5, 5.41) is 19.8. The molecule has 22 heavy (non-hydrogen) atoms. The van der Waals surface area contributed by atoms with Gasteiger partial charge in [-0.05, 0) is 21.9 Å². The zero-order valence-electron chi connectivity index (χ0n) is 12.0. The van der Waals surface area contributed by atoms with Gasteiger partial charge < -0.3 is 10.2 Å². The molecule has 0 unspecified atom stereocenters. The summed E-state index contributed by atoms with van der Waals surface area (Å²) in [6, 6.07) is 11.2. The van der Waals surface area contributed by atoms with Crippen LogP contribution in [-0.4, -0.2) is 22.2 Å². The summed E-state index contributed by atoms with van der Waals surface area (Å²) < 4.78 is 0. The van der Waals surface area contributed by atoms with Crippen molar-refractivity contribution in [2.45, 2.75) is 12.8 Å². The van der Waals surface area contributed by atoms with Crippen LogP contribution in [-0.2, 0) is 22.4 Å². The summed E-state index contributed by atoms with van der Waals surface area (Å²) in [4.78, 5) is 21.9. The Bertz CT molecular complexity index is 720. The predicted octanol–water partition coefficient (Wildman–Crippen LogP) is 3.21. The van der Waals surface area contributed by atoms with E-state index >= 15 is 0 Å². The van der Waals surface area contributed by atoms with Crippen molar-refractivity contribution in [1.82, 2.24) is 0 Å². The van der Waals surface area contributed by atoms with Gasteiger partial charge in [-0.2, -0.15) is 0 Å². The second-order valence-corrected chi connectivity index (χ2v) is 5.10. The molecular weight excluding hydrogens is 280 g/mol. The summed E-state index contributed by atoms with van der Waals surface area (Å²) in [5.41, 5.74) is 1.95. The average molecular weight is 296 g/mol. The molecule has 0 aromatic heterocycles. The molecule has 112 valence electrons. The molecule has 0 bridgehead atoms. The molecule has 2 N–H and O–H groups in total. The summed E-state index contributed by atoms with van der Waals surface area (Å²) in [6.07, 6.45) is 0.492. The van der Waals surface area contributed by atoms with Crippen molar-refractivity contribution < 1.29 is 19.8 Å². The van der Waals surface area contributed by atoms with Crippen LogP contribution in [0.2, 0.25) is 0 Å². The maximum atomic E-state index is 11.0. The van der Waals surface area contributed by atoms with Crippen molar-refractivity contribution in [3.63, 3.8) is 0 Å². The van der Waals surface area contributed by atoms with Gasteiger partial charge in [0.25, 0.3) is 0 Å². The number of hydrogen-bond acceptors (Lipinski definition) is 2. The van der Waals surface area contributed by atoms with Crippen LogP contribution in [0.25, 0.3) is 10.8 Å². The van der Waals surface area contributed by atoms with E-state index in [2.05, 4.69) is 13.2 Å². The third-order valence-electron chi connectivity index (χ3n) is 3.52. The van der Waals surface area contributed by atoms with Crippen molar-refractivity contribution in [1.29, 1.82) is 0 Å². The third-order valence-corrected chi connectivity index (χ3v) is 3.52. The van der Waals surface area contributed by atoms with Gasteiger partial charge in [-0.1, -0.05) is 49.6 Å². The number of hydrogen-bond donors (Lipinski definition) is 2. The van der Waals surface area contributed by atoms with E-state index in [1.807, 2.05) is 36.4 Å². The first-order valence-electron chi connectivity index (χ1n) is 6.71. The van der Waals surface area contributed by atoms with Gasteiger partial charge in [0.15, 0.2) is 0 Å². The normalized spacial score (nSPS) is 10.4. The van der Waals surface area contributed by atoms with Crippen LogP contribution in [0.4, 0.5) is 0 Å². The van der Waals surface area contributed by atoms with Crippen LogP contribution in [0.15, 0.2) is 60.7 Å². The standard InChI is InChI=1S/C18H16O4/c1-11(17(19)20)9-13-5-3-8-16-14(6-4-7-15(13)16)10-12(2)18(21)22/h3-8H,1-2,9-10H2,(H,19,20)(H,21,22). The fourth-order valence-electron chi connectivity index (χ4n) is 2.36. The molecular formula is C18H16O4. The minimum Gasteiger partial charge on any atom is -0.478 e. The highest BCUT2D eigenvalue weighted by Crippen LogP contribution is 2.25. The van der Waals surface area contributed by atoms with Crippen molar-refractivity contribution in [3.05, 3.63) is 71.8 Å². The number of aliphatic carboxylic acids is 2. The van der Waals surface area contributed by atoms with Crippen LogP contribution >= 0.6 is 0 Å². The second-order valence-electron chi connectivity index (χ2n) is 5.10. The van der Waals surface area contributed by atoms with Gasteiger partial charge >= 0.3 is 11.9 Å². The van der Waals surface area contributed by atoms with Gasteiger partial charge in [0.2, 0.25) is 0 Å². The van der Waals surface area contributed by atoms with Crippen LogP contribution in [0.3, 0.4) is 0 Å². The van der Waals surface area contributed by atoms with Crippen LogP contribution in [0, 0.1) is 0 Å². The molecule has 0 aliphatic carbocycles. The molecule has 2 rings (SSSR count). The largest absolute Gasteiger partial charge is 0.478 e. The van der Waals surface area contributed by atoms with Crippen LogP contribution in [0.1, 0.15) is 11.1 Å². The Balaban J connectivity index is 2.46. The van der Waals surface area contributed by atoms with Gasteiger partial charge in [0.1, 0.15) is 0 Å².